The number of rotatable bonds is 24. The fourth-order valence-electron chi connectivity index (χ4n) is 12.6. The van der Waals surface area contributed by atoms with Crippen LogP contribution in [0.1, 0.15) is 57.3 Å². The third-order valence-corrected chi connectivity index (χ3v) is 17.9. The van der Waals surface area contributed by atoms with Crippen LogP contribution in [-0.4, -0.2) is 170 Å². The molecule has 0 bridgehead atoms. The molecule has 1 saturated heterocycles. The number of aromatic nitrogens is 12. The molecule has 6 aromatic heterocycles. The number of ether oxygens (including phenoxy) is 5. The first-order valence-electron chi connectivity index (χ1n) is 34.6. The van der Waals surface area contributed by atoms with E-state index in [0.717, 1.165) is 152 Å². The Labute approximate surface area is 599 Å². The van der Waals surface area contributed by atoms with Gasteiger partial charge in [0, 0.05) is 191 Å². The summed E-state index contributed by atoms with van der Waals surface area (Å²) in [5.41, 5.74) is 16.1. The molecule has 24 nitrogen and oxygen atoms in total. The highest BCUT2D eigenvalue weighted by atomic mass is 19.1. The van der Waals surface area contributed by atoms with Crippen molar-refractivity contribution in [2.24, 2.45) is 27.1 Å². The van der Waals surface area contributed by atoms with Crippen molar-refractivity contribution in [3.05, 3.63) is 176 Å². The van der Waals surface area contributed by atoms with E-state index in [2.05, 4.69) is 112 Å². The second-order valence-electron chi connectivity index (χ2n) is 26.2. The molecule has 534 valence electrons. The van der Waals surface area contributed by atoms with Crippen molar-refractivity contribution in [3.8, 4) is 56.8 Å². The quantitative estimate of drug-likeness (QED) is 0.0572. The molecule has 1 amide bonds. The zero-order valence-electron chi connectivity index (χ0n) is 60.5. The van der Waals surface area contributed by atoms with Crippen molar-refractivity contribution in [1.82, 2.24) is 74.8 Å². The Kier molecular flexibility index (Phi) is 22.7. The predicted molar refractivity (Wildman–Crippen MR) is 402 cm³/mol. The number of halogens is 1. The maximum atomic E-state index is 14.3. The van der Waals surface area contributed by atoms with Crippen LogP contribution in [0, 0.1) is 11.7 Å². The summed E-state index contributed by atoms with van der Waals surface area (Å²) in [6.07, 6.45) is 20.4. The van der Waals surface area contributed by atoms with Gasteiger partial charge in [-0.2, -0.15) is 15.3 Å². The molecule has 12 aromatic rings. The van der Waals surface area contributed by atoms with Crippen LogP contribution in [0.25, 0.3) is 66.9 Å². The number of hydrogen-bond donors (Lipinski definition) is 2. The van der Waals surface area contributed by atoms with E-state index >= 15 is 0 Å². The molecule has 14 rings (SSSR count). The Hall–Kier alpha value is -11.2. The molecule has 103 heavy (non-hydrogen) atoms. The number of fused-ring (bicyclic) bond motifs is 3. The summed E-state index contributed by atoms with van der Waals surface area (Å²) in [6.45, 7) is 14.5. The number of hydrogen-bond acceptors (Lipinski definition) is 20. The first-order valence-corrected chi connectivity index (χ1v) is 34.6. The number of carbonyl (C=O) groups is 1. The molecule has 7 heterocycles. The Morgan fingerprint density at radius 3 is 1.39 bits per heavy atom. The molecule has 25 heteroatoms. The lowest BCUT2D eigenvalue weighted by atomic mass is 10.1. The number of morpholine rings is 1. The predicted octanol–water partition coefficient (Wildman–Crippen LogP) is 12.9. The minimum absolute atomic E-state index is 0.146. The zero-order valence-corrected chi connectivity index (χ0v) is 60.5. The van der Waals surface area contributed by atoms with Crippen LogP contribution in [0.3, 0.4) is 0 Å². The van der Waals surface area contributed by atoms with Crippen LogP contribution in [-0.2, 0) is 25.9 Å². The van der Waals surface area contributed by atoms with Crippen LogP contribution >= 0.6 is 0 Å². The average molecular weight is 1390 g/mol. The number of aryl methyl sites for hydroxylation is 3. The number of anilines is 6. The van der Waals surface area contributed by atoms with E-state index < -0.39 is 0 Å². The van der Waals surface area contributed by atoms with Crippen LogP contribution in [0.4, 0.5) is 38.5 Å². The van der Waals surface area contributed by atoms with Gasteiger partial charge in [-0.25, -0.2) is 19.3 Å². The lowest BCUT2D eigenvalue weighted by molar-refractivity contribution is -0.0679. The van der Waals surface area contributed by atoms with Gasteiger partial charge in [0.1, 0.15) is 28.8 Å². The average Bonchev–Trinajstić information content (AvgIpc) is 1.69. The van der Waals surface area contributed by atoms with Gasteiger partial charge in [-0.05, 0) is 112 Å². The smallest absolute Gasteiger partial charge is 0.251 e. The zero-order chi connectivity index (χ0) is 72.3. The monoisotopic (exact) mass is 1390 g/mol. The molecule has 2 N–H and O–H groups in total. The van der Waals surface area contributed by atoms with Gasteiger partial charge in [-0.15, -0.1) is 0 Å². The molecule has 1 aliphatic heterocycles. The van der Waals surface area contributed by atoms with E-state index in [4.69, 9.17) is 38.6 Å². The second kappa shape index (κ2) is 32.7. The molecule has 2 aliphatic rings. The summed E-state index contributed by atoms with van der Waals surface area (Å²) >= 11 is 0. The molecule has 0 radical (unpaired) electrons. The molecule has 0 unspecified atom stereocenters. The minimum Gasteiger partial charge on any atom is -0.497 e. The third kappa shape index (κ3) is 18.1. The number of nitrogens with zero attached hydrogens (tertiary/aromatic N) is 16. The number of amides is 1. The fourth-order valence-corrected chi connectivity index (χ4v) is 12.6. The molecule has 2 fully saturated rings. The Morgan fingerprint density at radius 1 is 0.534 bits per heavy atom. The summed E-state index contributed by atoms with van der Waals surface area (Å²) in [5.74, 6) is 2.75. The molecule has 2 atom stereocenters. The second-order valence-corrected chi connectivity index (χ2v) is 26.2. The van der Waals surface area contributed by atoms with Crippen molar-refractivity contribution in [2.75, 3.05) is 96.0 Å². The Morgan fingerprint density at radius 2 is 0.961 bits per heavy atom. The van der Waals surface area contributed by atoms with Crippen molar-refractivity contribution in [1.29, 1.82) is 0 Å². The van der Waals surface area contributed by atoms with E-state index in [9.17, 15) is 9.18 Å². The first kappa shape index (κ1) is 71.7. The minimum atomic E-state index is -0.347. The van der Waals surface area contributed by atoms with Crippen LogP contribution in [0.2, 0.25) is 0 Å². The Balaban J connectivity index is 0.000000146. The van der Waals surface area contributed by atoms with Crippen LogP contribution in [0.15, 0.2) is 165 Å². The lowest BCUT2D eigenvalue weighted by Gasteiger charge is -2.36. The van der Waals surface area contributed by atoms with E-state index in [0.29, 0.717) is 41.3 Å². The molecule has 1 aliphatic carbocycles. The standard InChI is InChI=1S/C29H36N6O3.C25H26N6O2.C24H27FN6O/c1-20-17-34(18-21(2)38-20)9-6-10-35(24-11-25(36-4)14-26(12-24)37-5)23-7-8-27-28(13-23)32-29(16-30-27)22-15-31-33(3)19-22;1-26-25(32)17-8-20(10-21(9-17)33-3)31(14-16-4-5-16)19-6-7-22-23(11-19)29-24(13-27-22)18-12-28-30(2)15-18;1-16(2)26-7-8-31(20-9-18(25)10-21(11-20)32-4)19-5-6-22-23(12-19)29-24(14-27-22)17-13-28-30(3)15-17/h7-8,11-16,19-21H,6,9-10,17-18H2,1-5H3;6-13,15-16H,4-5,14H2,1-3H3,(H,26,32);5-6,9-16,26H,7-8H2,1-4H3/t20-,21+;;. The molecular weight excluding hydrogens is 1300 g/mol. The maximum Gasteiger partial charge on any atom is 0.251 e. The number of carbonyl (C=O) groups excluding carboxylic acids is 1. The number of benzene rings is 6. The number of nitrogens with one attached hydrogen (secondary N) is 2. The highest BCUT2D eigenvalue weighted by Gasteiger charge is 2.28. The Bertz CT molecular complexity index is 4870. The van der Waals surface area contributed by atoms with Crippen LogP contribution in [0.5, 0.6) is 23.0 Å². The summed E-state index contributed by atoms with van der Waals surface area (Å²) < 4.78 is 47.4. The van der Waals surface area contributed by atoms with E-state index in [1.807, 2.05) is 113 Å². The number of methoxy groups -OCH3 is 4. The highest BCUT2D eigenvalue weighted by molar-refractivity contribution is 5.96. The summed E-state index contributed by atoms with van der Waals surface area (Å²) in [5, 5.41) is 18.9. The van der Waals surface area contributed by atoms with Gasteiger partial charge in [-0.3, -0.25) is 38.7 Å². The van der Waals surface area contributed by atoms with Crippen molar-refractivity contribution in [2.45, 2.75) is 65.2 Å². The lowest BCUT2D eigenvalue weighted by Crippen LogP contribution is -2.46. The molecule has 0 spiro atoms. The molecule has 1 saturated carbocycles. The maximum absolute atomic E-state index is 14.3. The van der Waals surface area contributed by atoms with Gasteiger partial charge in [0.15, 0.2) is 0 Å². The fraction of sp³-hybridized carbons (Fsp3) is 0.333. The SMILES string of the molecule is CNC(=O)c1cc(OC)cc(N(CC2CC2)c2ccc3ncc(-c4cnn(C)c4)nc3c2)c1.COc1cc(F)cc(N(CCNC(C)C)c2ccc3ncc(-c4cnn(C)c4)nc3c2)c1.COc1cc(OC)cc(N(CCCN2C[C@@H](C)O[C@@H](C)C2)c2ccc3ncc(-c4cnn(C)c4)nc3c2)c1. The molecular formula is C78H89FN18O6. The van der Waals surface area contributed by atoms with E-state index in [1.54, 1.807) is 79.5 Å². The van der Waals surface area contributed by atoms with Crippen LogP contribution < -0.4 is 44.3 Å². The van der Waals surface area contributed by atoms with Gasteiger partial charge in [-0.1, -0.05) is 13.8 Å². The third-order valence-electron chi connectivity index (χ3n) is 17.9. The van der Waals surface area contributed by atoms with Crippen molar-refractivity contribution >= 4 is 73.1 Å². The summed E-state index contributed by atoms with van der Waals surface area (Å²) in [7, 11) is 13.8. The normalized spacial score (nSPS) is 14.4. The van der Waals surface area contributed by atoms with Gasteiger partial charge in [0.25, 0.3) is 5.91 Å². The van der Waals surface area contributed by atoms with Gasteiger partial charge < -0.3 is 49.0 Å². The van der Waals surface area contributed by atoms with Gasteiger partial charge >= 0.3 is 0 Å². The van der Waals surface area contributed by atoms with E-state index in [1.165, 1.54) is 32.1 Å². The van der Waals surface area contributed by atoms with Crippen molar-refractivity contribution < 1.29 is 32.9 Å². The first-order chi connectivity index (χ1) is 49.9. The summed E-state index contributed by atoms with van der Waals surface area (Å²) in [4.78, 5) is 49.8. The van der Waals surface area contributed by atoms with E-state index in [-0.39, 0.29) is 23.9 Å². The molecule has 6 aromatic carbocycles. The van der Waals surface area contributed by atoms with Gasteiger partial charge in [0.2, 0.25) is 0 Å². The highest BCUT2D eigenvalue weighted by Crippen LogP contribution is 2.40. The van der Waals surface area contributed by atoms with Crippen molar-refractivity contribution in [3.63, 3.8) is 0 Å². The largest absolute Gasteiger partial charge is 0.497 e. The topological polar surface area (TPSA) is 231 Å². The summed E-state index contributed by atoms with van der Waals surface area (Å²) in [6, 6.07) is 34.9. The van der Waals surface area contributed by atoms with Gasteiger partial charge in [0.05, 0.1) is 128 Å².